The minimum atomic E-state index is -1.05. The van der Waals surface area contributed by atoms with Crippen molar-refractivity contribution in [3.8, 4) is 11.5 Å². The lowest BCUT2D eigenvalue weighted by molar-refractivity contribution is -0.138. The minimum absolute atomic E-state index is 0.0889. The normalized spacial score (nSPS) is 11.7. The summed E-state index contributed by atoms with van der Waals surface area (Å²) in [6.07, 6.45) is 0. The first-order valence-electron chi connectivity index (χ1n) is 6.13. The molecule has 0 heterocycles. The summed E-state index contributed by atoms with van der Waals surface area (Å²) in [5.41, 5.74) is 1.08. The van der Waals surface area contributed by atoms with E-state index in [1.54, 1.807) is 31.4 Å². The first-order valence-corrected chi connectivity index (χ1v) is 6.51. The van der Waals surface area contributed by atoms with Crippen molar-refractivity contribution in [3.63, 3.8) is 0 Å². The average Bonchev–Trinajstić information content (AvgIpc) is 2.48. The maximum Gasteiger partial charge on any atom is 0.330 e. The van der Waals surface area contributed by atoms with E-state index < -0.39 is 12.0 Å². The second kappa shape index (κ2) is 6.37. The number of phenolic OH excluding ortho intramolecular Hbond substituents is 1. The molecule has 0 amide bonds. The molecule has 2 rings (SSSR count). The third-order valence-electron chi connectivity index (χ3n) is 2.95. The zero-order valence-corrected chi connectivity index (χ0v) is 12.0. The van der Waals surface area contributed by atoms with Crippen molar-refractivity contribution in [2.24, 2.45) is 0 Å². The number of anilines is 1. The van der Waals surface area contributed by atoms with E-state index in [2.05, 4.69) is 5.32 Å². The van der Waals surface area contributed by atoms with Crippen LogP contribution in [0.15, 0.2) is 42.5 Å². The number of ether oxygens (including phenoxy) is 1. The highest BCUT2D eigenvalue weighted by molar-refractivity contribution is 6.32. The van der Waals surface area contributed by atoms with Gasteiger partial charge in [-0.05, 0) is 42.0 Å². The van der Waals surface area contributed by atoms with Gasteiger partial charge in [-0.25, -0.2) is 4.79 Å². The van der Waals surface area contributed by atoms with Gasteiger partial charge in [0.15, 0.2) is 6.04 Å². The van der Waals surface area contributed by atoms with Crippen LogP contribution in [0.5, 0.6) is 11.5 Å². The summed E-state index contributed by atoms with van der Waals surface area (Å²) in [7, 11) is 1.56. The summed E-state index contributed by atoms with van der Waals surface area (Å²) in [4.78, 5) is 11.4. The van der Waals surface area contributed by atoms with Crippen LogP contribution in [0.2, 0.25) is 5.02 Å². The summed E-state index contributed by atoms with van der Waals surface area (Å²) in [6, 6.07) is 10.2. The molecule has 6 heteroatoms. The van der Waals surface area contributed by atoms with Crippen molar-refractivity contribution in [1.29, 1.82) is 0 Å². The highest BCUT2D eigenvalue weighted by atomic mass is 35.5. The third kappa shape index (κ3) is 3.58. The fraction of sp³-hybridized carbons (Fsp3) is 0.133. The van der Waals surface area contributed by atoms with Crippen molar-refractivity contribution in [2.75, 3.05) is 12.4 Å². The molecule has 0 aromatic heterocycles. The number of methoxy groups -OCH3 is 1. The molecule has 2 aromatic rings. The molecule has 0 aliphatic rings. The SMILES string of the molecule is COc1ccc(NC(C(=O)O)c2ccc(O)c(Cl)c2)cc1. The molecule has 5 nitrogen and oxygen atoms in total. The monoisotopic (exact) mass is 307 g/mol. The van der Waals surface area contributed by atoms with E-state index in [9.17, 15) is 15.0 Å². The molecule has 0 aliphatic carbocycles. The lowest BCUT2D eigenvalue weighted by atomic mass is 10.1. The zero-order chi connectivity index (χ0) is 15.4. The second-order valence-electron chi connectivity index (χ2n) is 4.35. The summed E-state index contributed by atoms with van der Waals surface area (Å²) < 4.78 is 5.05. The molecule has 3 N–H and O–H groups in total. The predicted octanol–water partition coefficient (Wildman–Crippen LogP) is 3.29. The second-order valence-corrected chi connectivity index (χ2v) is 4.76. The average molecular weight is 308 g/mol. The summed E-state index contributed by atoms with van der Waals surface area (Å²) in [5, 5.41) is 21.8. The molecule has 0 saturated heterocycles. The highest BCUT2D eigenvalue weighted by Gasteiger charge is 2.20. The van der Waals surface area contributed by atoms with Crippen LogP contribution in [0.4, 0.5) is 5.69 Å². The number of nitrogens with one attached hydrogen (secondary N) is 1. The number of benzene rings is 2. The van der Waals surface area contributed by atoms with Gasteiger partial charge >= 0.3 is 5.97 Å². The molecular weight excluding hydrogens is 294 g/mol. The molecule has 110 valence electrons. The van der Waals surface area contributed by atoms with Crippen LogP contribution in [0.1, 0.15) is 11.6 Å². The van der Waals surface area contributed by atoms with E-state index in [1.807, 2.05) is 0 Å². The van der Waals surface area contributed by atoms with Gasteiger partial charge in [-0.1, -0.05) is 17.7 Å². The van der Waals surface area contributed by atoms with Gasteiger partial charge in [0, 0.05) is 5.69 Å². The van der Waals surface area contributed by atoms with Gasteiger partial charge in [-0.3, -0.25) is 0 Å². The molecule has 0 fully saturated rings. The quantitative estimate of drug-likeness (QED) is 0.790. The molecule has 21 heavy (non-hydrogen) atoms. The number of halogens is 1. The fourth-order valence-corrected chi connectivity index (χ4v) is 2.03. The van der Waals surface area contributed by atoms with Crippen LogP contribution < -0.4 is 10.1 Å². The molecule has 0 spiro atoms. The largest absolute Gasteiger partial charge is 0.506 e. The lowest BCUT2D eigenvalue weighted by Crippen LogP contribution is -2.20. The van der Waals surface area contributed by atoms with E-state index in [4.69, 9.17) is 16.3 Å². The van der Waals surface area contributed by atoms with E-state index in [0.29, 0.717) is 17.0 Å². The number of aromatic hydroxyl groups is 1. The van der Waals surface area contributed by atoms with Gasteiger partial charge in [0.1, 0.15) is 11.5 Å². The number of carboxylic acid groups (broad SMARTS) is 1. The van der Waals surface area contributed by atoms with Crippen molar-refractivity contribution in [3.05, 3.63) is 53.1 Å². The highest BCUT2D eigenvalue weighted by Crippen LogP contribution is 2.29. The van der Waals surface area contributed by atoms with Gasteiger partial charge in [-0.2, -0.15) is 0 Å². The topological polar surface area (TPSA) is 78.8 Å². The van der Waals surface area contributed by atoms with Crippen LogP contribution in [0.3, 0.4) is 0 Å². The minimum Gasteiger partial charge on any atom is -0.506 e. The number of phenols is 1. The fourth-order valence-electron chi connectivity index (χ4n) is 1.84. The first kappa shape index (κ1) is 15.0. The number of hydrogen-bond donors (Lipinski definition) is 3. The van der Waals surface area contributed by atoms with Crippen LogP contribution in [-0.4, -0.2) is 23.3 Å². The van der Waals surface area contributed by atoms with Crippen molar-refractivity contribution in [2.45, 2.75) is 6.04 Å². The molecule has 0 radical (unpaired) electrons. The first-order chi connectivity index (χ1) is 10.0. The Hall–Kier alpha value is -2.40. The predicted molar refractivity (Wildman–Crippen MR) is 80.1 cm³/mol. The van der Waals surface area contributed by atoms with Crippen LogP contribution in [-0.2, 0) is 4.79 Å². The van der Waals surface area contributed by atoms with E-state index >= 15 is 0 Å². The Bertz CT molecular complexity index is 643. The molecule has 2 aromatic carbocycles. The Morgan fingerprint density at radius 3 is 2.43 bits per heavy atom. The van der Waals surface area contributed by atoms with E-state index in [0.717, 1.165) is 0 Å². The Kier molecular flexibility index (Phi) is 4.55. The molecule has 0 bridgehead atoms. The van der Waals surface area contributed by atoms with Crippen LogP contribution in [0, 0.1) is 0 Å². The molecule has 1 unspecified atom stereocenters. The summed E-state index contributed by atoms with van der Waals surface area (Å²) in [6.45, 7) is 0. The molecular formula is C15H14ClNO4. The Morgan fingerprint density at radius 2 is 1.90 bits per heavy atom. The van der Waals surface area contributed by atoms with Gasteiger partial charge in [0.25, 0.3) is 0 Å². The van der Waals surface area contributed by atoms with Crippen molar-refractivity contribution in [1.82, 2.24) is 0 Å². The number of hydrogen-bond acceptors (Lipinski definition) is 4. The smallest absolute Gasteiger partial charge is 0.330 e. The standard InChI is InChI=1S/C15H14ClNO4/c1-21-11-5-3-10(4-6-11)17-14(15(19)20)9-2-7-13(18)12(16)8-9/h2-8,14,17-18H,1H3,(H,19,20). The van der Waals surface area contributed by atoms with E-state index in [-0.39, 0.29) is 10.8 Å². The summed E-state index contributed by atoms with van der Waals surface area (Å²) >= 11 is 5.82. The van der Waals surface area contributed by atoms with Gasteiger partial charge in [0.2, 0.25) is 0 Å². The Balaban J connectivity index is 2.26. The van der Waals surface area contributed by atoms with Crippen molar-refractivity contribution >= 4 is 23.3 Å². The summed E-state index contributed by atoms with van der Waals surface area (Å²) in [5.74, 6) is -0.457. The zero-order valence-electron chi connectivity index (χ0n) is 11.2. The van der Waals surface area contributed by atoms with Crippen LogP contribution in [0.25, 0.3) is 0 Å². The number of aliphatic carboxylic acids is 1. The number of carbonyl (C=O) groups is 1. The maximum atomic E-state index is 11.4. The van der Waals surface area contributed by atoms with Crippen LogP contribution >= 0.6 is 11.6 Å². The Labute approximate surface area is 126 Å². The molecule has 0 aliphatic heterocycles. The maximum absolute atomic E-state index is 11.4. The van der Waals surface area contributed by atoms with Gasteiger partial charge < -0.3 is 20.3 Å². The molecule has 1 atom stereocenters. The van der Waals surface area contributed by atoms with E-state index in [1.165, 1.54) is 18.2 Å². The third-order valence-corrected chi connectivity index (χ3v) is 3.26. The number of rotatable bonds is 5. The molecule has 0 saturated carbocycles. The van der Waals surface area contributed by atoms with Crippen molar-refractivity contribution < 1.29 is 19.7 Å². The van der Waals surface area contributed by atoms with Gasteiger partial charge in [0.05, 0.1) is 12.1 Å². The number of carboxylic acids is 1. The lowest BCUT2D eigenvalue weighted by Gasteiger charge is -2.17. The Morgan fingerprint density at radius 1 is 1.24 bits per heavy atom. The van der Waals surface area contributed by atoms with Gasteiger partial charge in [-0.15, -0.1) is 0 Å².